The van der Waals surface area contributed by atoms with E-state index < -0.39 is 5.91 Å². The van der Waals surface area contributed by atoms with Crippen LogP contribution in [-0.4, -0.2) is 16.0 Å². The molecule has 2 heterocycles. The number of benzene rings is 3. The third kappa shape index (κ3) is 5.66. The van der Waals surface area contributed by atoms with E-state index in [1.165, 1.54) is 6.08 Å². The first kappa shape index (κ1) is 24.2. The zero-order chi connectivity index (χ0) is 25.1. The van der Waals surface area contributed by atoms with Gasteiger partial charge in [0.25, 0.3) is 0 Å². The Morgan fingerprint density at radius 1 is 1.00 bits per heavy atom. The Morgan fingerprint density at radius 3 is 2.58 bits per heavy atom. The van der Waals surface area contributed by atoms with E-state index in [0.29, 0.717) is 27.3 Å². The normalized spacial score (nSPS) is 11.2. The van der Waals surface area contributed by atoms with Crippen molar-refractivity contribution in [2.45, 2.75) is 0 Å². The van der Waals surface area contributed by atoms with Gasteiger partial charge in [-0.2, -0.15) is 0 Å². The van der Waals surface area contributed by atoms with Gasteiger partial charge in [0.2, 0.25) is 5.91 Å². The van der Waals surface area contributed by atoms with Crippen LogP contribution in [0, 0.1) is 0 Å². The van der Waals surface area contributed by atoms with Crippen LogP contribution in [0.5, 0.6) is 0 Å². The zero-order valence-electron chi connectivity index (χ0n) is 18.5. The highest BCUT2D eigenvalue weighted by atomic mass is 35.5. The fourth-order valence-corrected chi connectivity index (χ4v) is 5.11. The molecular weight excluding hydrogens is 533 g/mol. The number of thiazole rings is 1. The van der Waals surface area contributed by atoms with E-state index in [4.69, 9.17) is 39.8 Å². The number of carbonyl (C=O) groups is 1. The largest absolute Gasteiger partial charge is 0.457 e. The molecule has 0 saturated carbocycles. The topological polar surface area (TPSA) is 67.2 Å². The summed E-state index contributed by atoms with van der Waals surface area (Å²) in [5.41, 5.74) is 3.31. The summed E-state index contributed by atoms with van der Waals surface area (Å²) in [5.74, 6) is 0.815. The van der Waals surface area contributed by atoms with Gasteiger partial charge in [-0.3, -0.25) is 10.1 Å². The Bertz CT molecular complexity index is 1570. The molecule has 0 aliphatic carbocycles. The second kappa shape index (κ2) is 10.6. The summed E-state index contributed by atoms with van der Waals surface area (Å²) in [6.45, 7) is 0. The van der Waals surface area contributed by atoms with Gasteiger partial charge in [0.15, 0.2) is 5.11 Å². The minimum atomic E-state index is -0.394. The van der Waals surface area contributed by atoms with Gasteiger partial charge in [-0.15, -0.1) is 11.3 Å². The average Bonchev–Trinajstić information content (AvgIpc) is 3.50. The Kier molecular flexibility index (Phi) is 7.16. The number of thiocarbonyl (C=S) groups is 1. The van der Waals surface area contributed by atoms with Gasteiger partial charge < -0.3 is 9.73 Å². The van der Waals surface area contributed by atoms with E-state index in [9.17, 15) is 4.79 Å². The maximum absolute atomic E-state index is 12.3. The average molecular weight is 550 g/mol. The van der Waals surface area contributed by atoms with Crippen molar-refractivity contribution in [3.8, 4) is 21.9 Å². The van der Waals surface area contributed by atoms with Crippen LogP contribution < -0.4 is 10.6 Å². The quantitative estimate of drug-likeness (QED) is 0.171. The summed E-state index contributed by atoms with van der Waals surface area (Å²) < 4.78 is 6.86. The molecule has 2 N–H and O–H groups in total. The van der Waals surface area contributed by atoms with Gasteiger partial charge in [-0.05, 0) is 85.0 Å². The molecule has 0 fully saturated rings. The lowest BCUT2D eigenvalue weighted by atomic mass is 10.2. The summed E-state index contributed by atoms with van der Waals surface area (Å²) in [4.78, 5) is 17.0. The molecule has 5 aromatic rings. The Hall–Kier alpha value is -3.49. The Morgan fingerprint density at radius 2 is 1.81 bits per heavy atom. The number of nitrogens with zero attached hydrogens (tertiary/aromatic N) is 1. The maximum atomic E-state index is 12.3. The predicted molar refractivity (Wildman–Crippen MR) is 153 cm³/mol. The van der Waals surface area contributed by atoms with Gasteiger partial charge in [0.05, 0.1) is 15.2 Å². The molecule has 2 aromatic heterocycles. The molecule has 0 unspecified atom stereocenters. The lowest BCUT2D eigenvalue weighted by Gasteiger charge is -2.09. The summed E-state index contributed by atoms with van der Waals surface area (Å²) >= 11 is 19.3. The van der Waals surface area contributed by atoms with E-state index in [1.54, 1.807) is 41.7 Å². The molecule has 0 bridgehead atoms. The number of halogens is 2. The summed E-state index contributed by atoms with van der Waals surface area (Å²) in [5, 5.41) is 7.76. The number of aromatic nitrogens is 1. The van der Waals surface area contributed by atoms with Crippen LogP contribution in [0.25, 0.3) is 38.2 Å². The maximum Gasteiger partial charge on any atom is 0.250 e. The van der Waals surface area contributed by atoms with Crippen molar-refractivity contribution in [2.75, 3.05) is 5.32 Å². The van der Waals surface area contributed by atoms with Gasteiger partial charge in [0.1, 0.15) is 16.5 Å². The Labute approximate surface area is 226 Å². The first-order valence-electron chi connectivity index (χ1n) is 10.8. The van der Waals surface area contributed by atoms with Crippen molar-refractivity contribution in [2.24, 2.45) is 0 Å². The highest BCUT2D eigenvalue weighted by Crippen LogP contribution is 2.35. The van der Waals surface area contributed by atoms with Gasteiger partial charge in [-0.25, -0.2) is 4.98 Å². The van der Waals surface area contributed by atoms with Gasteiger partial charge in [0, 0.05) is 27.9 Å². The minimum Gasteiger partial charge on any atom is -0.457 e. The van der Waals surface area contributed by atoms with Crippen LogP contribution in [0.3, 0.4) is 0 Å². The summed E-state index contributed by atoms with van der Waals surface area (Å²) in [6, 6.07) is 24.3. The zero-order valence-corrected chi connectivity index (χ0v) is 21.6. The first-order chi connectivity index (χ1) is 17.4. The van der Waals surface area contributed by atoms with Crippen molar-refractivity contribution >= 4 is 79.8 Å². The van der Waals surface area contributed by atoms with E-state index >= 15 is 0 Å². The fourth-order valence-electron chi connectivity index (χ4n) is 3.44. The number of hydrogen-bond donors (Lipinski definition) is 2. The second-order valence-corrected chi connectivity index (χ2v) is 9.95. The summed E-state index contributed by atoms with van der Waals surface area (Å²) in [7, 11) is 0. The number of amides is 1. The van der Waals surface area contributed by atoms with Gasteiger partial charge in [-0.1, -0.05) is 35.3 Å². The standard InChI is InChI=1S/C27H17Cl2N3O2S2/c28-17-7-5-16(6-8-17)23-13-10-19(34-23)11-14-25(33)32-27(35)30-18-9-12-20(21(29)15-18)26-31-22-3-1-2-4-24(22)36-26/h1-15H,(H2,30,32,33,35). The van der Waals surface area contributed by atoms with E-state index in [0.717, 1.165) is 26.4 Å². The molecule has 3 aromatic carbocycles. The molecule has 0 aliphatic rings. The lowest BCUT2D eigenvalue weighted by molar-refractivity contribution is -0.115. The van der Waals surface area contributed by atoms with Crippen LogP contribution in [0.1, 0.15) is 5.76 Å². The molecule has 178 valence electrons. The number of furan rings is 1. The van der Waals surface area contributed by atoms with Gasteiger partial charge >= 0.3 is 0 Å². The third-order valence-corrected chi connectivity index (χ3v) is 6.98. The molecule has 0 spiro atoms. The monoisotopic (exact) mass is 549 g/mol. The smallest absolute Gasteiger partial charge is 0.250 e. The molecular formula is C27H17Cl2N3O2S2. The van der Waals surface area contributed by atoms with Crippen molar-refractivity contribution in [3.05, 3.63) is 101 Å². The molecule has 0 atom stereocenters. The Balaban J connectivity index is 1.19. The van der Waals surface area contributed by atoms with Crippen molar-refractivity contribution < 1.29 is 9.21 Å². The third-order valence-electron chi connectivity index (χ3n) is 5.14. The molecule has 5 rings (SSSR count). The van der Waals surface area contributed by atoms with Crippen LogP contribution in [-0.2, 0) is 4.79 Å². The molecule has 0 saturated heterocycles. The second-order valence-electron chi connectivity index (χ2n) is 7.67. The number of carbonyl (C=O) groups excluding carboxylic acids is 1. The number of anilines is 1. The van der Waals surface area contributed by atoms with Crippen LogP contribution in [0.2, 0.25) is 10.0 Å². The minimum absolute atomic E-state index is 0.148. The molecule has 9 heteroatoms. The number of para-hydroxylation sites is 1. The van der Waals surface area contributed by atoms with Crippen molar-refractivity contribution in [1.29, 1.82) is 0 Å². The first-order valence-corrected chi connectivity index (χ1v) is 12.7. The molecule has 1 amide bonds. The van der Waals surface area contributed by atoms with Crippen molar-refractivity contribution in [3.63, 3.8) is 0 Å². The predicted octanol–water partition coefficient (Wildman–Crippen LogP) is 8.06. The van der Waals surface area contributed by atoms with E-state index in [1.807, 2.05) is 54.6 Å². The van der Waals surface area contributed by atoms with Crippen LogP contribution in [0.4, 0.5) is 5.69 Å². The number of fused-ring (bicyclic) bond motifs is 1. The fraction of sp³-hybridized carbons (Fsp3) is 0. The molecule has 5 nitrogen and oxygen atoms in total. The molecule has 0 aliphatic heterocycles. The van der Waals surface area contributed by atoms with Crippen LogP contribution in [0.15, 0.2) is 89.4 Å². The lowest BCUT2D eigenvalue weighted by Crippen LogP contribution is -2.32. The molecule has 0 radical (unpaired) electrons. The number of rotatable bonds is 5. The van der Waals surface area contributed by atoms with Crippen molar-refractivity contribution in [1.82, 2.24) is 10.3 Å². The SMILES string of the molecule is O=C(C=Cc1ccc(-c2ccc(Cl)cc2)o1)NC(=S)Nc1ccc(-c2nc3ccccc3s2)c(Cl)c1. The number of hydrogen-bond acceptors (Lipinski definition) is 5. The van der Waals surface area contributed by atoms with E-state index in [2.05, 4.69) is 15.6 Å². The molecule has 36 heavy (non-hydrogen) atoms. The summed E-state index contributed by atoms with van der Waals surface area (Å²) in [6.07, 6.45) is 2.92. The highest BCUT2D eigenvalue weighted by Gasteiger charge is 2.11. The van der Waals surface area contributed by atoms with Crippen LogP contribution >= 0.6 is 46.8 Å². The number of nitrogens with one attached hydrogen (secondary N) is 2. The van der Waals surface area contributed by atoms with E-state index in [-0.39, 0.29) is 5.11 Å². The highest BCUT2D eigenvalue weighted by molar-refractivity contribution is 7.80.